The maximum Gasteiger partial charge on any atom is 0.127 e. The first-order valence-corrected chi connectivity index (χ1v) is 14.6. The average Bonchev–Trinajstić information content (AvgIpc) is 3.53. The molecular formula is C38H32N2O. The van der Waals surface area contributed by atoms with Gasteiger partial charge >= 0.3 is 0 Å². The van der Waals surface area contributed by atoms with Gasteiger partial charge in [-0.25, -0.2) is 0 Å². The molecule has 41 heavy (non-hydrogen) atoms. The largest absolute Gasteiger partial charge is 0.461 e. The molecule has 2 aliphatic carbocycles. The number of fused-ring (bicyclic) bond motifs is 6. The van der Waals surface area contributed by atoms with E-state index in [4.69, 9.17) is 4.74 Å². The lowest BCUT2D eigenvalue weighted by molar-refractivity contribution is 0.356. The lowest BCUT2D eigenvalue weighted by Crippen LogP contribution is -2.13. The predicted octanol–water partition coefficient (Wildman–Crippen LogP) is 10.1. The van der Waals surface area contributed by atoms with E-state index in [1.165, 1.54) is 55.4 Å². The van der Waals surface area contributed by atoms with Gasteiger partial charge in [0.05, 0.1) is 16.6 Å². The Kier molecular flexibility index (Phi) is 5.53. The fourth-order valence-electron chi connectivity index (χ4n) is 6.88. The molecule has 0 saturated heterocycles. The third-order valence-electron chi connectivity index (χ3n) is 8.83. The van der Waals surface area contributed by atoms with Crippen LogP contribution in [-0.2, 0) is 0 Å². The number of hydrogen-bond donors (Lipinski definition) is 0. The molecule has 2 unspecified atom stereocenters. The van der Waals surface area contributed by atoms with E-state index in [-0.39, 0.29) is 5.92 Å². The molecule has 3 heteroatoms. The summed E-state index contributed by atoms with van der Waals surface area (Å²) in [7, 11) is 0. The van der Waals surface area contributed by atoms with Crippen molar-refractivity contribution >= 4 is 44.5 Å². The van der Waals surface area contributed by atoms with Crippen molar-refractivity contribution in [2.75, 3.05) is 0 Å². The Morgan fingerprint density at radius 2 is 1.24 bits per heavy atom. The van der Waals surface area contributed by atoms with E-state index in [2.05, 4.69) is 144 Å². The molecule has 0 amide bonds. The maximum atomic E-state index is 6.49. The zero-order valence-electron chi connectivity index (χ0n) is 23.4. The predicted molar refractivity (Wildman–Crippen MR) is 172 cm³/mol. The zero-order chi connectivity index (χ0) is 27.5. The summed E-state index contributed by atoms with van der Waals surface area (Å²) in [4.78, 5) is 0. The first kappa shape index (κ1) is 24.1. The van der Waals surface area contributed by atoms with E-state index in [0.717, 1.165) is 24.4 Å². The summed E-state index contributed by atoms with van der Waals surface area (Å²) in [6, 6.07) is 34.7. The normalized spacial score (nSPS) is 18.5. The summed E-state index contributed by atoms with van der Waals surface area (Å²) in [6.45, 7) is 4.58. The third-order valence-corrected chi connectivity index (χ3v) is 8.83. The second-order valence-electron chi connectivity index (χ2n) is 11.5. The summed E-state index contributed by atoms with van der Waals surface area (Å²) in [6.07, 6.45) is 11.0. The lowest BCUT2D eigenvalue weighted by Gasteiger charge is -2.24. The van der Waals surface area contributed by atoms with Gasteiger partial charge in [0.2, 0.25) is 0 Å². The second kappa shape index (κ2) is 9.42. The molecule has 3 nitrogen and oxygen atoms in total. The fourth-order valence-corrected chi connectivity index (χ4v) is 6.88. The van der Waals surface area contributed by atoms with E-state index in [9.17, 15) is 0 Å². The molecule has 0 N–H and O–H groups in total. The molecule has 2 heterocycles. The van der Waals surface area contributed by atoms with Crippen LogP contribution in [0.15, 0.2) is 121 Å². The molecular weight excluding hydrogens is 500 g/mol. The highest BCUT2D eigenvalue weighted by molar-refractivity contribution is 6.10. The molecule has 2 aliphatic rings. The Labute approximate surface area is 240 Å². The molecule has 0 spiro atoms. The topological polar surface area (TPSA) is 19.1 Å². The third kappa shape index (κ3) is 3.80. The molecule has 4 aromatic carbocycles. The minimum atomic E-state index is 0.266. The van der Waals surface area contributed by atoms with Crippen molar-refractivity contribution < 1.29 is 4.74 Å². The van der Waals surface area contributed by atoms with E-state index >= 15 is 0 Å². The molecule has 2 atom stereocenters. The van der Waals surface area contributed by atoms with Gasteiger partial charge in [0, 0.05) is 50.6 Å². The van der Waals surface area contributed by atoms with Crippen LogP contribution in [0, 0.1) is 5.92 Å². The Bertz CT molecular complexity index is 1990. The van der Waals surface area contributed by atoms with E-state index in [1.807, 2.05) is 0 Å². The number of aromatic nitrogens is 2. The maximum absolute atomic E-state index is 6.49. The molecule has 0 saturated carbocycles. The van der Waals surface area contributed by atoms with Crippen molar-refractivity contribution in [2.45, 2.75) is 32.6 Å². The molecule has 0 fully saturated rings. The average molecular weight is 533 g/mol. The number of benzene rings is 4. The smallest absolute Gasteiger partial charge is 0.127 e. The molecule has 200 valence electrons. The molecule has 6 aromatic rings. The van der Waals surface area contributed by atoms with Crippen LogP contribution < -0.4 is 4.74 Å². The van der Waals surface area contributed by atoms with Crippen LogP contribution >= 0.6 is 0 Å². The summed E-state index contributed by atoms with van der Waals surface area (Å²) in [5.74, 6) is 2.62. The van der Waals surface area contributed by atoms with E-state index in [0.29, 0.717) is 5.92 Å². The van der Waals surface area contributed by atoms with Crippen molar-refractivity contribution in [3.05, 3.63) is 132 Å². The number of allylic oxidation sites excluding steroid dienone is 5. The monoisotopic (exact) mass is 532 g/mol. The van der Waals surface area contributed by atoms with Crippen molar-refractivity contribution in [3.63, 3.8) is 0 Å². The molecule has 0 aliphatic heterocycles. The molecule has 0 bridgehead atoms. The van der Waals surface area contributed by atoms with Crippen molar-refractivity contribution in [1.29, 1.82) is 0 Å². The first-order chi connectivity index (χ1) is 20.2. The highest BCUT2D eigenvalue weighted by atomic mass is 16.5. The van der Waals surface area contributed by atoms with Gasteiger partial charge in [0.1, 0.15) is 11.5 Å². The molecule has 0 radical (unpaired) electrons. The van der Waals surface area contributed by atoms with Crippen LogP contribution in [0.2, 0.25) is 0 Å². The molecule has 2 aromatic heterocycles. The highest BCUT2D eigenvalue weighted by Gasteiger charge is 2.24. The van der Waals surface area contributed by atoms with Gasteiger partial charge in [-0.05, 0) is 67.5 Å². The summed E-state index contributed by atoms with van der Waals surface area (Å²) < 4.78 is 11.3. The van der Waals surface area contributed by atoms with Gasteiger partial charge in [-0.15, -0.1) is 0 Å². The lowest BCUT2D eigenvalue weighted by atomic mass is 9.93. The minimum Gasteiger partial charge on any atom is -0.461 e. The van der Waals surface area contributed by atoms with Crippen LogP contribution in [0.5, 0.6) is 5.75 Å². The zero-order valence-corrected chi connectivity index (χ0v) is 23.4. The van der Waals surface area contributed by atoms with Crippen LogP contribution in [0.1, 0.15) is 43.9 Å². The second-order valence-corrected chi connectivity index (χ2v) is 11.5. The number of nitrogens with zero attached hydrogens (tertiary/aromatic N) is 2. The standard InChI is InChI=1S/C38H32N2O/c1-25-10-9-14-33-32-13-5-8-17-36(32)40(38(25)33)27-18-21-29(22-19-27)41-37-23-20-28(24-26(37)2)39-34-15-6-3-11-30(34)31-12-4-7-16-35(31)39/h3-9,11-23,25-26H,10,24H2,1-2H3. The Morgan fingerprint density at radius 1 is 0.634 bits per heavy atom. The number of rotatable bonds is 4. The fraction of sp³-hybridized carbons (Fsp3) is 0.158. The van der Waals surface area contributed by atoms with Crippen LogP contribution in [0.3, 0.4) is 0 Å². The van der Waals surface area contributed by atoms with Gasteiger partial charge in [0.15, 0.2) is 0 Å². The van der Waals surface area contributed by atoms with Gasteiger partial charge in [-0.1, -0.05) is 80.6 Å². The summed E-state index contributed by atoms with van der Waals surface area (Å²) in [5.41, 5.74) is 8.99. The quantitative estimate of drug-likeness (QED) is 0.221. The van der Waals surface area contributed by atoms with Crippen LogP contribution in [0.4, 0.5) is 0 Å². The Hall–Kier alpha value is -4.76. The minimum absolute atomic E-state index is 0.266. The first-order valence-electron chi connectivity index (χ1n) is 14.6. The van der Waals surface area contributed by atoms with Gasteiger partial charge in [0.25, 0.3) is 0 Å². The van der Waals surface area contributed by atoms with Crippen LogP contribution in [-0.4, -0.2) is 9.13 Å². The van der Waals surface area contributed by atoms with E-state index < -0.39 is 0 Å². The number of ether oxygens (including phenoxy) is 1. The number of hydrogen-bond acceptors (Lipinski definition) is 1. The van der Waals surface area contributed by atoms with Crippen molar-refractivity contribution in [2.24, 2.45) is 5.92 Å². The van der Waals surface area contributed by atoms with Gasteiger partial charge < -0.3 is 13.9 Å². The Morgan fingerprint density at radius 3 is 1.90 bits per heavy atom. The summed E-state index contributed by atoms with van der Waals surface area (Å²) in [5, 5.41) is 3.91. The highest BCUT2D eigenvalue weighted by Crippen LogP contribution is 2.40. The van der Waals surface area contributed by atoms with Gasteiger partial charge in [-0.3, -0.25) is 0 Å². The Balaban J connectivity index is 1.12. The van der Waals surface area contributed by atoms with E-state index in [1.54, 1.807) is 0 Å². The van der Waals surface area contributed by atoms with Gasteiger partial charge in [-0.2, -0.15) is 0 Å². The number of para-hydroxylation sites is 3. The summed E-state index contributed by atoms with van der Waals surface area (Å²) >= 11 is 0. The van der Waals surface area contributed by atoms with Crippen molar-refractivity contribution in [3.8, 4) is 11.4 Å². The SMILES string of the molecule is CC1CC(n2c3ccccc3c3ccccc32)=CC=C1Oc1ccc(-n2c3c(c4ccccc42)C=CCC3C)cc1. The molecule has 8 rings (SSSR count). The van der Waals surface area contributed by atoms with Crippen molar-refractivity contribution in [1.82, 2.24) is 9.13 Å². The van der Waals surface area contributed by atoms with Crippen LogP contribution in [0.25, 0.3) is 50.2 Å².